The van der Waals surface area contributed by atoms with Crippen molar-refractivity contribution in [2.24, 2.45) is 5.92 Å². The minimum Gasteiger partial charge on any atom is -0.368 e. The van der Waals surface area contributed by atoms with Crippen LogP contribution < -0.4 is 5.32 Å². The van der Waals surface area contributed by atoms with Gasteiger partial charge in [-0.15, -0.1) is 5.10 Å². The zero-order valence-electron chi connectivity index (χ0n) is 13.9. The largest absolute Gasteiger partial charge is 0.368 e. The Morgan fingerprint density at radius 1 is 1.33 bits per heavy atom. The van der Waals surface area contributed by atoms with Gasteiger partial charge in [-0.1, -0.05) is 26.2 Å². The van der Waals surface area contributed by atoms with Crippen molar-refractivity contribution in [3.8, 4) is 11.4 Å². The highest BCUT2D eigenvalue weighted by Gasteiger charge is 2.25. The molecule has 24 heavy (non-hydrogen) atoms. The molecular weight excluding hydrogens is 306 g/mol. The number of nitrogens with zero attached hydrogens (tertiary/aromatic N) is 3. The Morgan fingerprint density at radius 2 is 2.12 bits per heavy atom. The predicted molar refractivity (Wildman–Crippen MR) is 90.2 cm³/mol. The molecule has 1 fully saturated rings. The number of nitrogens with one attached hydrogen (secondary N) is 2. The average Bonchev–Trinajstić information content (AvgIpc) is 3.09. The molecule has 3 rings (SSSR count). The average molecular weight is 329 g/mol. The highest BCUT2D eigenvalue weighted by Crippen LogP contribution is 2.29. The molecule has 0 spiro atoms. The van der Waals surface area contributed by atoms with E-state index < -0.39 is 0 Å². The van der Waals surface area contributed by atoms with Crippen molar-refractivity contribution in [2.75, 3.05) is 11.9 Å². The number of ether oxygens (including phenoxy) is 1. The lowest BCUT2D eigenvalue weighted by atomic mass is 9.85. The Balaban J connectivity index is 1.51. The fourth-order valence-corrected chi connectivity index (χ4v) is 3.16. The lowest BCUT2D eigenvalue weighted by Crippen LogP contribution is -2.31. The van der Waals surface area contributed by atoms with Crippen molar-refractivity contribution in [3.05, 3.63) is 24.5 Å². The maximum absolute atomic E-state index is 12.1. The number of amides is 1. The van der Waals surface area contributed by atoms with Gasteiger partial charge in [0.05, 0.1) is 6.10 Å². The molecule has 128 valence electrons. The Morgan fingerprint density at radius 3 is 2.92 bits per heavy atom. The molecule has 2 unspecified atom stereocenters. The number of H-pyrrole nitrogens is 1. The van der Waals surface area contributed by atoms with E-state index in [-0.39, 0.29) is 24.6 Å². The molecule has 7 heteroatoms. The van der Waals surface area contributed by atoms with Crippen LogP contribution in [0, 0.1) is 5.92 Å². The second-order valence-corrected chi connectivity index (χ2v) is 6.09. The number of aromatic nitrogens is 4. The third-order valence-corrected chi connectivity index (χ3v) is 4.48. The smallest absolute Gasteiger partial charge is 0.252 e. The van der Waals surface area contributed by atoms with E-state index in [1.54, 1.807) is 12.4 Å². The molecule has 1 saturated carbocycles. The van der Waals surface area contributed by atoms with Crippen LogP contribution in [0.15, 0.2) is 24.5 Å². The normalized spacial score (nSPS) is 20.7. The van der Waals surface area contributed by atoms with Gasteiger partial charge >= 0.3 is 0 Å². The number of anilines is 1. The van der Waals surface area contributed by atoms with E-state index in [0.29, 0.717) is 11.7 Å². The third-order valence-electron chi connectivity index (χ3n) is 4.48. The van der Waals surface area contributed by atoms with Gasteiger partial charge < -0.3 is 4.74 Å². The highest BCUT2D eigenvalue weighted by molar-refractivity contribution is 5.90. The van der Waals surface area contributed by atoms with Gasteiger partial charge in [-0.25, -0.2) is 0 Å². The summed E-state index contributed by atoms with van der Waals surface area (Å²) < 4.78 is 5.83. The zero-order valence-corrected chi connectivity index (χ0v) is 13.9. The lowest BCUT2D eigenvalue weighted by Gasteiger charge is -2.30. The molecule has 1 aliphatic carbocycles. The van der Waals surface area contributed by atoms with Gasteiger partial charge in [0.1, 0.15) is 6.61 Å². The molecule has 2 heterocycles. The Kier molecular flexibility index (Phi) is 5.53. The number of pyridine rings is 1. The summed E-state index contributed by atoms with van der Waals surface area (Å²) in [5, 5.41) is 9.49. The van der Waals surface area contributed by atoms with Crippen LogP contribution in [0.3, 0.4) is 0 Å². The first-order valence-corrected chi connectivity index (χ1v) is 8.50. The molecule has 0 aliphatic heterocycles. The van der Waals surface area contributed by atoms with Gasteiger partial charge in [-0.3, -0.25) is 20.2 Å². The van der Waals surface area contributed by atoms with Gasteiger partial charge in [-0.05, 0) is 30.9 Å². The molecule has 7 nitrogen and oxygen atoms in total. The second kappa shape index (κ2) is 8.01. The number of carbonyl (C=O) groups is 1. The molecule has 2 atom stereocenters. The zero-order chi connectivity index (χ0) is 16.8. The summed E-state index contributed by atoms with van der Waals surface area (Å²) in [7, 11) is 0. The van der Waals surface area contributed by atoms with E-state index in [0.717, 1.165) is 18.4 Å². The van der Waals surface area contributed by atoms with Crippen molar-refractivity contribution in [2.45, 2.75) is 45.1 Å². The van der Waals surface area contributed by atoms with E-state index >= 15 is 0 Å². The molecule has 0 radical (unpaired) electrons. The van der Waals surface area contributed by atoms with Gasteiger partial charge in [0.25, 0.3) is 5.91 Å². The van der Waals surface area contributed by atoms with Crippen molar-refractivity contribution < 1.29 is 9.53 Å². The van der Waals surface area contributed by atoms with Gasteiger partial charge in [0.2, 0.25) is 5.95 Å². The first kappa shape index (κ1) is 16.6. The van der Waals surface area contributed by atoms with Crippen LogP contribution in [0.25, 0.3) is 11.4 Å². The standard InChI is InChI=1S/C17H23N5O2/c1-2-12-5-3-4-6-14(12)24-11-15(23)19-17-20-16(21-22-17)13-7-9-18-10-8-13/h7-10,12,14H,2-6,11H2,1H3,(H2,19,20,21,22,23). The van der Waals surface area contributed by atoms with Gasteiger partial charge in [0, 0.05) is 18.0 Å². The summed E-state index contributed by atoms with van der Waals surface area (Å²) in [5.74, 6) is 1.18. The Bertz CT molecular complexity index is 658. The van der Waals surface area contributed by atoms with Crippen LogP contribution in [0.1, 0.15) is 39.0 Å². The number of hydrogen-bond donors (Lipinski definition) is 2. The van der Waals surface area contributed by atoms with E-state index in [9.17, 15) is 4.79 Å². The quantitative estimate of drug-likeness (QED) is 0.850. The SMILES string of the molecule is CCC1CCCCC1OCC(=O)Nc1n[nH]c(-c2ccncc2)n1. The van der Waals surface area contributed by atoms with Crippen LogP contribution in [0.2, 0.25) is 0 Å². The number of aromatic amines is 1. The van der Waals surface area contributed by atoms with Gasteiger partial charge in [-0.2, -0.15) is 4.98 Å². The van der Waals surface area contributed by atoms with Crippen LogP contribution >= 0.6 is 0 Å². The molecule has 0 saturated heterocycles. The molecule has 2 N–H and O–H groups in total. The van der Waals surface area contributed by atoms with Crippen LogP contribution in [-0.4, -0.2) is 38.8 Å². The van der Waals surface area contributed by atoms with Crippen LogP contribution in [0.4, 0.5) is 5.95 Å². The van der Waals surface area contributed by atoms with Crippen LogP contribution in [0.5, 0.6) is 0 Å². The molecule has 0 aromatic carbocycles. The first-order chi connectivity index (χ1) is 11.8. The molecule has 1 amide bonds. The van der Waals surface area contributed by atoms with E-state index in [4.69, 9.17) is 4.74 Å². The maximum Gasteiger partial charge on any atom is 0.252 e. The van der Waals surface area contributed by atoms with E-state index in [1.165, 1.54) is 19.3 Å². The lowest BCUT2D eigenvalue weighted by molar-refractivity contribution is -0.124. The minimum atomic E-state index is -0.226. The third kappa shape index (κ3) is 4.17. The first-order valence-electron chi connectivity index (χ1n) is 8.50. The van der Waals surface area contributed by atoms with Crippen LogP contribution in [-0.2, 0) is 9.53 Å². The van der Waals surface area contributed by atoms with E-state index in [2.05, 4.69) is 32.4 Å². The summed E-state index contributed by atoms with van der Waals surface area (Å²) in [5.41, 5.74) is 0.863. The second-order valence-electron chi connectivity index (χ2n) is 6.09. The number of carbonyl (C=O) groups excluding carboxylic acids is 1. The maximum atomic E-state index is 12.1. The summed E-state index contributed by atoms with van der Waals surface area (Å²) in [6.45, 7) is 2.22. The minimum absolute atomic E-state index is 0.0420. The molecule has 2 aromatic heterocycles. The molecular formula is C17H23N5O2. The van der Waals surface area contributed by atoms with Crippen molar-refractivity contribution in [1.82, 2.24) is 20.2 Å². The Labute approximate surface area is 141 Å². The number of hydrogen-bond acceptors (Lipinski definition) is 5. The van der Waals surface area contributed by atoms with Gasteiger partial charge in [0.15, 0.2) is 5.82 Å². The predicted octanol–water partition coefficient (Wildman–Crippen LogP) is 2.79. The summed E-state index contributed by atoms with van der Waals surface area (Å²) in [6, 6.07) is 3.65. The summed E-state index contributed by atoms with van der Waals surface area (Å²) in [6.07, 6.45) is 9.32. The van der Waals surface area contributed by atoms with Crippen molar-refractivity contribution in [3.63, 3.8) is 0 Å². The van der Waals surface area contributed by atoms with Crippen molar-refractivity contribution in [1.29, 1.82) is 0 Å². The molecule has 0 bridgehead atoms. The highest BCUT2D eigenvalue weighted by atomic mass is 16.5. The van der Waals surface area contributed by atoms with E-state index in [1.807, 2.05) is 12.1 Å². The molecule has 1 aliphatic rings. The number of rotatable bonds is 6. The topological polar surface area (TPSA) is 92.8 Å². The Hall–Kier alpha value is -2.28. The summed E-state index contributed by atoms with van der Waals surface area (Å²) in [4.78, 5) is 20.3. The fourth-order valence-electron chi connectivity index (χ4n) is 3.16. The summed E-state index contributed by atoms with van der Waals surface area (Å²) >= 11 is 0. The van der Waals surface area contributed by atoms with Crippen molar-refractivity contribution >= 4 is 11.9 Å². The fraction of sp³-hybridized carbons (Fsp3) is 0.529. The monoisotopic (exact) mass is 329 g/mol. The molecule has 2 aromatic rings.